The number of hydrogen-bond donors (Lipinski definition) is 1. The van der Waals surface area contributed by atoms with Gasteiger partial charge >= 0.3 is 0 Å². The summed E-state index contributed by atoms with van der Waals surface area (Å²) < 4.78 is 19.9. The summed E-state index contributed by atoms with van der Waals surface area (Å²) >= 11 is 0. The normalized spacial score (nSPS) is 24.1. The quantitative estimate of drug-likeness (QED) is 0.877. The van der Waals surface area contributed by atoms with E-state index >= 15 is 0 Å². The Kier molecular flexibility index (Phi) is 3.80. The van der Waals surface area contributed by atoms with E-state index in [0.717, 1.165) is 29.5 Å². The molecule has 1 aromatic heterocycles. The van der Waals surface area contributed by atoms with Crippen LogP contribution >= 0.6 is 0 Å². The van der Waals surface area contributed by atoms with Crippen LogP contribution in [0.1, 0.15) is 54.5 Å². The van der Waals surface area contributed by atoms with Gasteiger partial charge in [0.25, 0.3) is 0 Å². The second-order valence-corrected chi connectivity index (χ2v) is 6.95. The SMILES string of the molecule is Cc1ncc2c(c1O)COC2(c1ccc(F)cc1)C1CCCCC1. The Labute approximate surface area is 141 Å². The number of hydrogen-bond acceptors (Lipinski definition) is 3. The minimum absolute atomic E-state index is 0.229. The number of aromatic nitrogens is 1. The molecule has 0 radical (unpaired) electrons. The summed E-state index contributed by atoms with van der Waals surface area (Å²) in [6.45, 7) is 2.17. The molecule has 126 valence electrons. The predicted octanol–water partition coefficient (Wildman–Crippen LogP) is 4.59. The molecule has 2 heterocycles. The lowest BCUT2D eigenvalue weighted by Crippen LogP contribution is -2.37. The van der Waals surface area contributed by atoms with Gasteiger partial charge in [-0.25, -0.2) is 4.39 Å². The molecule has 2 aromatic rings. The van der Waals surface area contributed by atoms with Crippen LogP contribution < -0.4 is 0 Å². The van der Waals surface area contributed by atoms with Crippen LogP contribution in [0.3, 0.4) is 0 Å². The molecule has 1 aromatic carbocycles. The van der Waals surface area contributed by atoms with Gasteiger partial charge < -0.3 is 9.84 Å². The molecule has 0 bridgehead atoms. The number of rotatable bonds is 2. The Morgan fingerprint density at radius 2 is 1.88 bits per heavy atom. The minimum atomic E-state index is -0.623. The van der Waals surface area contributed by atoms with Crippen molar-refractivity contribution in [3.8, 4) is 5.75 Å². The Morgan fingerprint density at radius 3 is 2.58 bits per heavy atom. The fourth-order valence-corrected chi connectivity index (χ4v) is 4.40. The van der Waals surface area contributed by atoms with E-state index in [1.807, 2.05) is 18.3 Å². The Hall–Kier alpha value is -1.94. The van der Waals surface area contributed by atoms with Gasteiger partial charge in [0.2, 0.25) is 0 Å². The van der Waals surface area contributed by atoms with Crippen molar-refractivity contribution in [3.05, 3.63) is 58.7 Å². The summed E-state index contributed by atoms with van der Waals surface area (Å²) in [5.74, 6) is 0.301. The number of aryl methyl sites for hydroxylation is 1. The maximum atomic E-state index is 13.5. The maximum Gasteiger partial charge on any atom is 0.142 e. The van der Waals surface area contributed by atoms with Crippen molar-refractivity contribution in [3.63, 3.8) is 0 Å². The Morgan fingerprint density at radius 1 is 1.17 bits per heavy atom. The second kappa shape index (κ2) is 5.85. The van der Waals surface area contributed by atoms with Gasteiger partial charge in [-0.3, -0.25) is 4.98 Å². The first-order chi connectivity index (χ1) is 11.6. The molecule has 0 saturated heterocycles. The molecule has 4 rings (SSSR count). The molecule has 4 heteroatoms. The summed E-state index contributed by atoms with van der Waals surface area (Å²) in [5.41, 5.74) is 2.73. The number of fused-ring (bicyclic) bond motifs is 1. The van der Waals surface area contributed by atoms with Crippen LogP contribution in [-0.4, -0.2) is 10.1 Å². The molecule has 1 unspecified atom stereocenters. The first kappa shape index (κ1) is 15.6. The average molecular weight is 327 g/mol. The molecule has 3 nitrogen and oxygen atoms in total. The smallest absolute Gasteiger partial charge is 0.142 e. The standard InChI is InChI=1S/C20H22FNO2/c1-13-19(23)17-12-24-20(18(17)11-22-13,14-5-3-2-4-6-14)15-7-9-16(21)10-8-15/h7-11,14,23H,2-6,12H2,1H3. The number of benzene rings is 1. The van der Waals surface area contributed by atoms with E-state index in [4.69, 9.17) is 4.74 Å². The van der Waals surface area contributed by atoms with E-state index in [2.05, 4.69) is 4.98 Å². The van der Waals surface area contributed by atoms with Gasteiger partial charge in [-0.05, 0) is 43.4 Å². The van der Waals surface area contributed by atoms with Crippen LogP contribution in [0.25, 0.3) is 0 Å². The van der Waals surface area contributed by atoms with E-state index in [-0.39, 0.29) is 11.6 Å². The zero-order valence-corrected chi connectivity index (χ0v) is 13.9. The van der Waals surface area contributed by atoms with Gasteiger partial charge in [0.1, 0.15) is 17.2 Å². The largest absolute Gasteiger partial charge is 0.506 e. The third-order valence-corrected chi connectivity index (χ3v) is 5.64. The summed E-state index contributed by atoms with van der Waals surface area (Å²) in [7, 11) is 0. The van der Waals surface area contributed by atoms with Gasteiger partial charge in [0.15, 0.2) is 0 Å². The van der Waals surface area contributed by atoms with Crippen LogP contribution in [0, 0.1) is 18.7 Å². The van der Waals surface area contributed by atoms with Crippen molar-refractivity contribution in [2.24, 2.45) is 5.92 Å². The van der Waals surface area contributed by atoms with Gasteiger partial charge in [0, 0.05) is 17.3 Å². The Balaban J connectivity index is 1.91. The van der Waals surface area contributed by atoms with E-state index in [1.165, 1.54) is 31.4 Å². The molecule has 1 N–H and O–H groups in total. The lowest BCUT2D eigenvalue weighted by Gasteiger charge is -2.40. The van der Waals surface area contributed by atoms with Crippen LogP contribution in [0.15, 0.2) is 30.5 Å². The van der Waals surface area contributed by atoms with Gasteiger partial charge in [-0.1, -0.05) is 31.4 Å². The lowest BCUT2D eigenvalue weighted by atomic mass is 9.70. The third kappa shape index (κ3) is 2.24. The minimum Gasteiger partial charge on any atom is -0.506 e. The second-order valence-electron chi connectivity index (χ2n) is 6.95. The molecule has 1 fully saturated rings. The molecule has 0 amide bonds. The van der Waals surface area contributed by atoms with Gasteiger partial charge in [0.05, 0.1) is 12.3 Å². The number of nitrogens with zero attached hydrogens (tertiary/aromatic N) is 1. The first-order valence-corrected chi connectivity index (χ1v) is 8.71. The zero-order valence-electron chi connectivity index (χ0n) is 13.9. The zero-order chi connectivity index (χ0) is 16.7. The third-order valence-electron chi connectivity index (χ3n) is 5.64. The van der Waals surface area contributed by atoms with E-state index in [1.54, 1.807) is 6.92 Å². The van der Waals surface area contributed by atoms with Crippen molar-refractivity contribution in [1.29, 1.82) is 0 Å². The predicted molar refractivity (Wildman–Crippen MR) is 89.2 cm³/mol. The molecular weight excluding hydrogens is 305 g/mol. The van der Waals surface area contributed by atoms with Crippen molar-refractivity contribution < 1.29 is 14.2 Å². The van der Waals surface area contributed by atoms with Crippen LogP contribution in [0.5, 0.6) is 5.75 Å². The lowest BCUT2D eigenvalue weighted by molar-refractivity contribution is -0.0609. The van der Waals surface area contributed by atoms with Crippen molar-refractivity contribution >= 4 is 0 Å². The summed E-state index contributed by atoms with van der Waals surface area (Å²) in [6, 6.07) is 6.61. The Bertz CT molecular complexity index is 753. The molecule has 1 atom stereocenters. The monoisotopic (exact) mass is 327 g/mol. The van der Waals surface area contributed by atoms with Crippen LogP contribution in [0.2, 0.25) is 0 Å². The van der Waals surface area contributed by atoms with Crippen LogP contribution in [-0.2, 0) is 16.9 Å². The molecule has 2 aliphatic rings. The van der Waals surface area contributed by atoms with Crippen molar-refractivity contribution in [2.45, 2.75) is 51.2 Å². The molecule has 1 aliphatic heterocycles. The molecule has 1 saturated carbocycles. The van der Waals surface area contributed by atoms with Crippen LogP contribution in [0.4, 0.5) is 4.39 Å². The number of aromatic hydroxyl groups is 1. The topological polar surface area (TPSA) is 42.4 Å². The number of pyridine rings is 1. The maximum absolute atomic E-state index is 13.5. The number of halogens is 1. The van der Waals surface area contributed by atoms with E-state index in [0.29, 0.717) is 18.2 Å². The highest BCUT2D eigenvalue weighted by Crippen LogP contribution is 2.53. The highest BCUT2D eigenvalue weighted by molar-refractivity contribution is 5.50. The van der Waals surface area contributed by atoms with E-state index in [9.17, 15) is 9.50 Å². The molecular formula is C20H22FNO2. The van der Waals surface area contributed by atoms with E-state index < -0.39 is 5.60 Å². The van der Waals surface area contributed by atoms with Crippen molar-refractivity contribution in [1.82, 2.24) is 4.98 Å². The van der Waals surface area contributed by atoms with Gasteiger partial charge in [-0.15, -0.1) is 0 Å². The highest BCUT2D eigenvalue weighted by Gasteiger charge is 2.49. The fraction of sp³-hybridized carbons (Fsp3) is 0.450. The van der Waals surface area contributed by atoms with Crippen molar-refractivity contribution in [2.75, 3.05) is 0 Å². The molecule has 24 heavy (non-hydrogen) atoms. The van der Waals surface area contributed by atoms with Gasteiger partial charge in [-0.2, -0.15) is 0 Å². The summed E-state index contributed by atoms with van der Waals surface area (Å²) in [4.78, 5) is 4.38. The molecule has 1 aliphatic carbocycles. The number of ether oxygens (including phenoxy) is 1. The average Bonchev–Trinajstić information content (AvgIpc) is 3.01. The summed E-state index contributed by atoms with van der Waals surface area (Å²) in [6.07, 6.45) is 7.60. The first-order valence-electron chi connectivity index (χ1n) is 8.71. The highest BCUT2D eigenvalue weighted by atomic mass is 19.1. The fourth-order valence-electron chi connectivity index (χ4n) is 4.40. The molecule has 0 spiro atoms. The summed E-state index contributed by atoms with van der Waals surface area (Å²) in [5, 5.41) is 10.4.